The summed E-state index contributed by atoms with van der Waals surface area (Å²) in [5.41, 5.74) is -3.97. The van der Waals surface area contributed by atoms with Crippen LogP contribution in [0.5, 0.6) is 5.75 Å². The lowest BCUT2D eigenvalue weighted by atomic mass is 9.86. The van der Waals surface area contributed by atoms with Gasteiger partial charge in [-0.2, -0.15) is 13.2 Å². The van der Waals surface area contributed by atoms with Crippen molar-refractivity contribution >= 4 is 44.7 Å². The van der Waals surface area contributed by atoms with Gasteiger partial charge in [-0.15, -0.1) is 0 Å². The number of carbonyl (C=O) groups excluding carboxylic acids is 4. The first-order valence-corrected chi connectivity index (χ1v) is 21.1. The maximum Gasteiger partial charge on any atom is 0.418 e. The Kier molecular flexibility index (Phi) is 10.1. The molecule has 3 N–H and O–H groups in total. The number of nitrogens with zero attached hydrogens (tertiary/aromatic N) is 2. The molecular formula is C40H50F3N5O8S. The number of para-hydroxylation sites is 1. The van der Waals surface area contributed by atoms with Gasteiger partial charge in [0.1, 0.15) is 34.6 Å². The molecule has 4 heterocycles. The van der Waals surface area contributed by atoms with Gasteiger partial charge in [-0.25, -0.2) is 18.2 Å². The minimum atomic E-state index is -4.63. The molecule has 1 spiro atoms. The van der Waals surface area contributed by atoms with Crippen LogP contribution in [0.15, 0.2) is 30.4 Å². The number of aromatic nitrogens is 1. The third-order valence-corrected chi connectivity index (χ3v) is 14.2. The SMILES string of the molecule is Cc1nc2c(C(F)(F)F)cccc2c2c1O[C@]1(CC2)C[C@H]2C(=O)N[C@]3(C(=O)NS(=O)(=O)C4(C)CC4)CC3/C=C\CCCCC[C@H](NC(=O)OC(C)(C)C)C(=O)N2C1. The number of halogens is 3. The van der Waals surface area contributed by atoms with Gasteiger partial charge in [0.2, 0.25) is 21.8 Å². The first-order valence-electron chi connectivity index (χ1n) is 19.6. The summed E-state index contributed by atoms with van der Waals surface area (Å²) in [7, 11) is -4.05. The van der Waals surface area contributed by atoms with Crippen molar-refractivity contribution in [2.75, 3.05) is 6.54 Å². The average molecular weight is 818 g/mol. The van der Waals surface area contributed by atoms with Gasteiger partial charge >= 0.3 is 12.3 Å². The molecule has 1 unspecified atom stereocenters. The molecule has 17 heteroatoms. The zero-order chi connectivity index (χ0) is 41.3. The fourth-order valence-corrected chi connectivity index (χ4v) is 9.70. The Morgan fingerprint density at radius 3 is 2.49 bits per heavy atom. The topological polar surface area (TPSA) is 173 Å². The average Bonchev–Trinajstić information content (AvgIpc) is 4.00. The second kappa shape index (κ2) is 14.2. The Morgan fingerprint density at radius 2 is 1.81 bits per heavy atom. The smallest absolute Gasteiger partial charge is 0.418 e. The number of aryl methyl sites for hydroxylation is 2. The van der Waals surface area contributed by atoms with E-state index in [0.29, 0.717) is 43.1 Å². The number of allylic oxidation sites excluding steroid dienone is 1. The number of hydrogen-bond acceptors (Lipinski definition) is 9. The van der Waals surface area contributed by atoms with Crippen LogP contribution in [0.3, 0.4) is 0 Å². The van der Waals surface area contributed by atoms with Crippen molar-refractivity contribution in [1.29, 1.82) is 0 Å². The third-order valence-electron chi connectivity index (χ3n) is 12.0. The van der Waals surface area contributed by atoms with E-state index in [4.69, 9.17) is 9.47 Å². The Bertz CT molecular complexity index is 2150. The van der Waals surface area contributed by atoms with E-state index in [-0.39, 0.29) is 55.6 Å². The highest BCUT2D eigenvalue weighted by Crippen LogP contribution is 2.49. The highest BCUT2D eigenvalue weighted by atomic mass is 32.2. The van der Waals surface area contributed by atoms with Crippen LogP contribution in [0.1, 0.15) is 109 Å². The lowest BCUT2D eigenvalue weighted by Crippen LogP contribution is -2.58. The van der Waals surface area contributed by atoms with Gasteiger partial charge in [0, 0.05) is 23.3 Å². The number of sulfonamides is 1. The number of ether oxygens (including phenoxy) is 2. The summed E-state index contributed by atoms with van der Waals surface area (Å²) in [6, 6.07) is 1.54. The lowest BCUT2D eigenvalue weighted by molar-refractivity contribution is -0.141. The highest BCUT2D eigenvalue weighted by molar-refractivity contribution is 7.91. The summed E-state index contributed by atoms with van der Waals surface area (Å²) in [6.07, 6.45) is 2.53. The van der Waals surface area contributed by atoms with Crippen LogP contribution in [0.4, 0.5) is 18.0 Å². The van der Waals surface area contributed by atoms with E-state index in [1.54, 1.807) is 40.7 Å². The van der Waals surface area contributed by atoms with Crippen LogP contribution in [0, 0.1) is 12.8 Å². The molecule has 57 heavy (non-hydrogen) atoms. The predicted octanol–water partition coefficient (Wildman–Crippen LogP) is 5.51. The monoisotopic (exact) mass is 817 g/mol. The molecule has 5 aliphatic rings. The molecule has 4 amide bonds. The van der Waals surface area contributed by atoms with Gasteiger partial charge in [0.05, 0.1) is 28.1 Å². The number of hydrogen-bond donors (Lipinski definition) is 3. The van der Waals surface area contributed by atoms with Crippen LogP contribution in [-0.2, 0) is 41.7 Å². The lowest BCUT2D eigenvalue weighted by Gasteiger charge is -2.37. The maximum absolute atomic E-state index is 14.7. The van der Waals surface area contributed by atoms with Crippen LogP contribution in [0.2, 0.25) is 0 Å². The van der Waals surface area contributed by atoms with Crippen molar-refractivity contribution in [2.24, 2.45) is 5.92 Å². The van der Waals surface area contributed by atoms with Crippen LogP contribution < -0.4 is 20.1 Å². The number of benzene rings is 1. The molecule has 13 nitrogen and oxygen atoms in total. The van der Waals surface area contributed by atoms with Gasteiger partial charge in [0.15, 0.2) is 0 Å². The molecule has 2 saturated carbocycles. The molecule has 2 aliphatic carbocycles. The molecule has 3 aliphatic heterocycles. The number of alkyl halides is 3. The van der Waals surface area contributed by atoms with E-state index >= 15 is 0 Å². The minimum absolute atomic E-state index is 0.0577. The summed E-state index contributed by atoms with van der Waals surface area (Å²) in [5.74, 6) is -2.36. The van der Waals surface area contributed by atoms with E-state index in [1.807, 2.05) is 12.2 Å². The van der Waals surface area contributed by atoms with E-state index in [9.17, 15) is 40.8 Å². The fourth-order valence-electron chi connectivity index (χ4n) is 8.39. The Labute approximate surface area is 329 Å². The molecule has 310 valence electrons. The third kappa shape index (κ3) is 7.92. The van der Waals surface area contributed by atoms with Gasteiger partial charge in [-0.3, -0.25) is 19.1 Å². The van der Waals surface area contributed by atoms with Crippen LogP contribution >= 0.6 is 0 Å². The summed E-state index contributed by atoms with van der Waals surface area (Å²) in [4.78, 5) is 62.0. The molecule has 0 bridgehead atoms. The Balaban J connectivity index is 1.25. The molecule has 5 atom stereocenters. The zero-order valence-electron chi connectivity index (χ0n) is 32.8. The summed E-state index contributed by atoms with van der Waals surface area (Å²) in [5, 5.41) is 5.87. The normalized spacial score (nSPS) is 29.4. The molecule has 1 saturated heterocycles. The molecule has 1 aromatic carbocycles. The number of pyridine rings is 1. The van der Waals surface area contributed by atoms with E-state index in [2.05, 4.69) is 20.3 Å². The molecule has 0 radical (unpaired) electrons. The molecule has 3 fully saturated rings. The predicted molar refractivity (Wildman–Crippen MR) is 202 cm³/mol. The maximum atomic E-state index is 14.7. The number of nitrogens with one attached hydrogen (secondary N) is 3. The van der Waals surface area contributed by atoms with Crippen LogP contribution in [-0.4, -0.2) is 82.2 Å². The number of amides is 4. The second-order valence-electron chi connectivity index (χ2n) is 17.6. The van der Waals surface area contributed by atoms with E-state index < -0.39 is 85.1 Å². The number of rotatable bonds is 4. The van der Waals surface area contributed by atoms with Crippen molar-refractivity contribution in [3.05, 3.63) is 47.2 Å². The minimum Gasteiger partial charge on any atom is -0.483 e. The van der Waals surface area contributed by atoms with Crippen molar-refractivity contribution < 1.29 is 50.2 Å². The molecule has 1 aromatic heterocycles. The van der Waals surface area contributed by atoms with E-state index in [1.165, 1.54) is 11.0 Å². The Hall–Kier alpha value is -4.41. The van der Waals surface area contributed by atoms with E-state index in [0.717, 1.165) is 12.5 Å². The van der Waals surface area contributed by atoms with Gasteiger partial charge < -0.3 is 25.0 Å². The van der Waals surface area contributed by atoms with Crippen molar-refractivity contribution in [3.8, 4) is 5.75 Å². The van der Waals surface area contributed by atoms with Crippen molar-refractivity contribution in [3.63, 3.8) is 0 Å². The standard InChI is InChI=1S/C40H50F3N5O8S/c1-23-31-26(25-13-11-14-27(30(25)44-23)40(41,42)43)16-17-38(55-31)21-29-32(49)46-39(34(51)47-57(53,54)37(5)18-19-37)20-24(39)12-9-7-6-8-10-15-28(33(50)48(29)22-38)45-35(52)56-36(2,3)4/h9,11-14,24,28-29H,6-8,10,15-22H2,1-5H3,(H,45,52)(H,46,49)(H,47,51)/b12-9-/t24?,28-,29-,38+,39+/m0/s1. The second-order valence-corrected chi connectivity index (χ2v) is 19.8. The van der Waals surface area contributed by atoms with Crippen LogP contribution in [0.25, 0.3) is 10.9 Å². The zero-order valence-corrected chi connectivity index (χ0v) is 33.6. The van der Waals surface area contributed by atoms with Gasteiger partial charge in [-0.1, -0.05) is 37.1 Å². The summed E-state index contributed by atoms with van der Waals surface area (Å²) in [6.45, 7) is 8.07. The number of fused-ring (bicyclic) bond motifs is 5. The molecule has 7 rings (SSSR count). The summed E-state index contributed by atoms with van der Waals surface area (Å²) < 4.78 is 81.7. The number of carbonyl (C=O) groups is 4. The molecular weight excluding hydrogens is 768 g/mol. The van der Waals surface area contributed by atoms with Gasteiger partial charge in [-0.05, 0) is 92.1 Å². The Morgan fingerprint density at radius 1 is 1.07 bits per heavy atom. The van der Waals surface area contributed by atoms with Crippen molar-refractivity contribution in [2.45, 2.75) is 145 Å². The quantitative estimate of drug-likeness (QED) is 0.337. The first kappa shape index (κ1) is 40.8. The number of alkyl carbamates (subject to hydrolysis) is 1. The highest BCUT2D eigenvalue weighted by Gasteiger charge is 2.64. The molecule has 2 aromatic rings. The van der Waals surface area contributed by atoms with Crippen molar-refractivity contribution in [1.82, 2.24) is 25.2 Å². The first-order chi connectivity index (χ1) is 26.6. The summed E-state index contributed by atoms with van der Waals surface area (Å²) >= 11 is 0. The fraction of sp³-hybridized carbons (Fsp3) is 0.625. The largest absolute Gasteiger partial charge is 0.483 e. The van der Waals surface area contributed by atoms with Gasteiger partial charge in [0.25, 0.3) is 5.91 Å².